The second-order valence-corrected chi connectivity index (χ2v) is 6.07. The minimum atomic E-state index is -0.388. The van der Waals surface area contributed by atoms with Gasteiger partial charge in [-0.2, -0.15) is 0 Å². The first-order valence-corrected chi connectivity index (χ1v) is 7.69. The molecule has 0 spiro atoms. The second-order valence-electron chi connectivity index (χ2n) is 5.67. The van der Waals surface area contributed by atoms with Crippen LogP contribution in [0.1, 0.15) is 16.7 Å². The van der Waals surface area contributed by atoms with Crippen LogP contribution in [0, 0.1) is 17.0 Å². The number of rotatable bonds is 4. The molecule has 0 N–H and O–H groups in total. The molecule has 4 nitrogen and oxygen atoms in total. The van der Waals surface area contributed by atoms with Crippen molar-refractivity contribution in [1.29, 1.82) is 0 Å². The van der Waals surface area contributed by atoms with E-state index in [1.807, 2.05) is 0 Å². The molecule has 0 amide bonds. The monoisotopic (exact) mass is 316 g/mol. The lowest BCUT2D eigenvalue weighted by molar-refractivity contribution is -0.384. The molecule has 0 bridgehead atoms. The molecule has 5 heteroatoms. The minimum Gasteiger partial charge on any atom is -0.369 e. The van der Waals surface area contributed by atoms with Gasteiger partial charge in [-0.25, -0.2) is 0 Å². The number of nitrogens with zero attached hydrogens (tertiary/aromatic N) is 2. The Kier molecular flexibility index (Phi) is 4.03. The fraction of sp³-hybridized carbons (Fsp3) is 0.294. The SMILES string of the molecule is Cc1ccc(CCN2CCc3cc([N+](=O)[O-])cc(Cl)c32)cc1. The van der Waals surface area contributed by atoms with Crippen molar-refractivity contribution in [3.05, 3.63) is 68.2 Å². The predicted molar refractivity (Wildman–Crippen MR) is 88.9 cm³/mol. The molecule has 0 atom stereocenters. The fourth-order valence-corrected chi connectivity index (χ4v) is 3.25. The summed E-state index contributed by atoms with van der Waals surface area (Å²) < 4.78 is 0. The Morgan fingerprint density at radius 1 is 1.27 bits per heavy atom. The zero-order valence-electron chi connectivity index (χ0n) is 12.4. The van der Waals surface area contributed by atoms with Gasteiger partial charge in [0.15, 0.2) is 0 Å². The maximum absolute atomic E-state index is 10.9. The van der Waals surface area contributed by atoms with Crippen LogP contribution in [-0.4, -0.2) is 18.0 Å². The van der Waals surface area contributed by atoms with Crippen molar-refractivity contribution >= 4 is 23.0 Å². The van der Waals surface area contributed by atoms with Crippen LogP contribution in [-0.2, 0) is 12.8 Å². The normalized spacial score (nSPS) is 13.3. The number of hydrogen-bond donors (Lipinski definition) is 0. The van der Waals surface area contributed by atoms with Gasteiger partial charge < -0.3 is 4.90 Å². The number of halogens is 1. The molecule has 2 aromatic rings. The lowest BCUT2D eigenvalue weighted by atomic mass is 10.1. The van der Waals surface area contributed by atoms with E-state index in [1.54, 1.807) is 6.07 Å². The van der Waals surface area contributed by atoms with Crippen molar-refractivity contribution in [2.75, 3.05) is 18.0 Å². The number of aryl methyl sites for hydroxylation is 1. The first-order valence-electron chi connectivity index (χ1n) is 7.32. The average molecular weight is 317 g/mol. The summed E-state index contributed by atoms with van der Waals surface area (Å²) in [5, 5.41) is 11.4. The van der Waals surface area contributed by atoms with Gasteiger partial charge in [-0.3, -0.25) is 10.1 Å². The predicted octanol–water partition coefficient (Wildman–Crippen LogP) is 4.16. The number of non-ortho nitro benzene ring substituents is 1. The van der Waals surface area contributed by atoms with Crippen molar-refractivity contribution in [1.82, 2.24) is 0 Å². The maximum atomic E-state index is 10.9. The first-order chi connectivity index (χ1) is 10.5. The van der Waals surface area contributed by atoms with Crippen LogP contribution in [0.5, 0.6) is 0 Å². The van der Waals surface area contributed by atoms with Crippen LogP contribution in [0.3, 0.4) is 0 Å². The molecule has 0 aliphatic carbocycles. The largest absolute Gasteiger partial charge is 0.369 e. The van der Waals surface area contributed by atoms with E-state index < -0.39 is 0 Å². The van der Waals surface area contributed by atoms with Gasteiger partial charge in [0.2, 0.25) is 0 Å². The summed E-state index contributed by atoms with van der Waals surface area (Å²) in [6, 6.07) is 11.6. The topological polar surface area (TPSA) is 46.4 Å². The number of hydrogen-bond acceptors (Lipinski definition) is 3. The van der Waals surface area contributed by atoms with E-state index in [0.29, 0.717) is 5.02 Å². The Morgan fingerprint density at radius 2 is 2.00 bits per heavy atom. The summed E-state index contributed by atoms with van der Waals surface area (Å²) in [5.41, 5.74) is 4.55. The molecule has 2 aromatic carbocycles. The first kappa shape index (κ1) is 14.9. The van der Waals surface area contributed by atoms with Crippen LogP contribution < -0.4 is 4.90 Å². The molecule has 0 unspecified atom stereocenters. The summed E-state index contributed by atoms with van der Waals surface area (Å²) >= 11 is 6.27. The van der Waals surface area contributed by atoms with E-state index in [4.69, 9.17) is 11.6 Å². The van der Waals surface area contributed by atoms with Crippen LogP contribution in [0.4, 0.5) is 11.4 Å². The number of fused-ring (bicyclic) bond motifs is 1. The second kappa shape index (κ2) is 5.97. The van der Waals surface area contributed by atoms with E-state index in [9.17, 15) is 10.1 Å². The van der Waals surface area contributed by atoms with E-state index in [1.165, 1.54) is 17.2 Å². The van der Waals surface area contributed by atoms with Crippen LogP contribution in [0.15, 0.2) is 36.4 Å². The minimum absolute atomic E-state index is 0.0733. The molecule has 1 aliphatic rings. The molecule has 114 valence electrons. The Balaban J connectivity index is 1.76. The zero-order chi connectivity index (χ0) is 15.7. The van der Waals surface area contributed by atoms with Crippen molar-refractivity contribution in [3.8, 4) is 0 Å². The Labute approximate surface area is 134 Å². The van der Waals surface area contributed by atoms with Crippen LogP contribution in [0.2, 0.25) is 5.02 Å². The van der Waals surface area contributed by atoms with E-state index in [-0.39, 0.29) is 10.6 Å². The van der Waals surface area contributed by atoms with Gasteiger partial charge in [-0.15, -0.1) is 0 Å². The third-order valence-electron chi connectivity index (χ3n) is 4.10. The number of anilines is 1. The standard InChI is InChI=1S/C17H17ClN2O2/c1-12-2-4-13(5-3-12)6-8-19-9-7-14-10-15(20(21)22)11-16(18)17(14)19/h2-5,10-11H,6-9H2,1H3. The molecule has 0 saturated heterocycles. The number of nitro benzene ring substituents is 1. The van der Waals surface area contributed by atoms with Crippen molar-refractivity contribution in [3.63, 3.8) is 0 Å². The number of benzene rings is 2. The van der Waals surface area contributed by atoms with Gasteiger partial charge in [0.25, 0.3) is 5.69 Å². The highest BCUT2D eigenvalue weighted by atomic mass is 35.5. The van der Waals surface area contributed by atoms with E-state index in [2.05, 4.69) is 36.1 Å². The van der Waals surface area contributed by atoms with Gasteiger partial charge in [0.1, 0.15) is 0 Å². The highest BCUT2D eigenvalue weighted by Crippen LogP contribution is 2.38. The van der Waals surface area contributed by atoms with Crippen molar-refractivity contribution in [2.45, 2.75) is 19.8 Å². The summed E-state index contributed by atoms with van der Waals surface area (Å²) in [5.74, 6) is 0. The van der Waals surface area contributed by atoms with E-state index in [0.717, 1.165) is 37.2 Å². The smallest absolute Gasteiger partial charge is 0.271 e. The summed E-state index contributed by atoms with van der Waals surface area (Å²) in [7, 11) is 0. The van der Waals surface area contributed by atoms with Gasteiger partial charge in [-0.05, 0) is 30.9 Å². The molecule has 1 aliphatic heterocycles. The molecule has 0 aromatic heterocycles. The molecule has 0 saturated carbocycles. The third kappa shape index (κ3) is 2.92. The molecule has 3 rings (SSSR count). The van der Waals surface area contributed by atoms with Crippen LogP contribution in [0.25, 0.3) is 0 Å². The molecular formula is C17H17ClN2O2. The summed E-state index contributed by atoms with van der Waals surface area (Å²) in [6.45, 7) is 3.81. The third-order valence-corrected chi connectivity index (χ3v) is 4.38. The van der Waals surface area contributed by atoms with Gasteiger partial charge in [0, 0.05) is 25.2 Å². The quantitative estimate of drug-likeness (QED) is 0.628. The lowest BCUT2D eigenvalue weighted by Crippen LogP contribution is -2.23. The summed E-state index contributed by atoms with van der Waals surface area (Å²) in [6.07, 6.45) is 1.75. The Hall–Kier alpha value is -2.07. The molecule has 1 heterocycles. The van der Waals surface area contributed by atoms with Gasteiger partial charge >= 0.3 is 0 Å². The number of nitro groups is 1. The van der Waals surface area contributed by atoms with E-state index >= 15 is 0 Å². The fourth-order valence-electron chi connectivity index (χ4n) is 2.90. The zero-order valence-corrected chi connectivity index (χ0v) is 13.1. The molecular weight excluding hydrogens is 300 g/mol. The molecule has 0 radical (unpaired) electrons. The average Bonchev–Trinajstić information content (AvgIpc) is 2.90. The van der Waals surface area contributed by atoms with Crippen LogP contribution >= 0.6 is 11.6 Å². The highest BCUT2D eigenvalue weighted by molar-refractivity contribution is 6.33. The van der Waals surface area contributed by atoms with Crippen molar-refractivity contribution in [2.24, 2.45) is 0 Å². The molecule has 0 fully saturated rings. The maximum Gasteiger partial charge on any atom is 0.271 e. The molecule has 22 heavy (non-hydrogen) atoms. The van der Waals surface area contributed by atoms with Gasteiger partial charge in [-0.1, -0.05) is 41.4 Å². The van der Waals surface area contributed by atoms with Crippen molar-refractivity contribution < 1.29 is 4.92 Å². The lowest BCUT2D eigenvalue weighted by Gasteiger charge is -2.20. The van der Waals surface area contributed by atoms with Gasteiger partial charge in [0.05, 0.1) is 15.6 Å². The highest BCUT2D eigenvalue weighted by Gasteiger charge is 2.25. The Morgan fingerprint density at radius 3 is 2.68 bits per heavy atom. The Bertz CT molecular complexity index is 713. The summed E-state index contributed by atoms with van der Waals surface area (Å²) in [4.78, 5) is 12.7.